The molecule has 0 heterocycles. The fraction of sp³-hybridized carbons (Fsp3) is 0.0625. The van der Waals surface area contributed by atoms with Crippen molar-refractivity contribution in [2.45, 2.75) is 4.90 Å². The molecule has 0 aliphatic rings. The van der Waals surface area contributed by atoms with E-state index >= 15 is 0 Å². The lowest BCUT2D eigenvalue weighted by Gasteiger charge is -2.03. The van der Waals surface area contributed by atoms with Crippen LogP contribution in [0.5, 0.6) is 0 Å². The molecule has 0 saturated heterocycles. The molecular weight excluding hydrogens is 256 g/mol. The summed E-state index contributed by atoms with van der Waals surface area (Å²) in [6.45, 7) is 0. The van der Waals surface area contributed by atoms with Gasteiger partial charge in [0, 0.05) is 4.90 Å². The summed E-state index contributed by atoms with van der Waals surface area (Å²) >= 11 is 1.66. The average Bonchev–Trinajstić information content (AvgIpc) is 2.46. The standard InChI is InChI=1S/C16H14O2S/c1-19-14-9-7-12(8-10-14)11-15(16(17)18)13-5-3-2-4-6-13/h2-11H,1H3,(H,17,18)/b15-11+. The predicted molar refractivity (Wildman–Crippen MR) is 80.2 cm³/mol. The van der Waals surface area contributed by atoms with E-state index in [0.717, 1.165) is 10.5 Å². The van der Waals surface area contributed by atoms with Gasteiger partial charge in [-0.25, -0.2) is 4.79 Å². The van der Waals surface area contributed by atoms with E-state index in [1.807, 2.05) is 48.7 Å². The molecular formula is C16H14O2S. The van der Waals surface area contributed by atoms with Crippen molar-refractivity contribution < 1.29 is 9.90 Å². The second kappa shape index (κ2) is 6.25. The molecule has 19 heavy (non-hydrogen) atoms. The Kier molecular flexibility index (Phi) is 4.42. The molecule has 0 amide bonds. The van der Waals surface area contributed by atoms with Crippen molar-refractivity contribution in [3.8, 4) is 0 Å². The van der Waals surface area contributed by atoms with Crippen LogP contribution in [0.4, 0.5) is 0 Å². The first-order valence-electron chi connectivity index (χ1n) is 5.85. The van der Waals surface area contributed by atoms with E-state index in [1.54, 1.807) is 30.0 Å². The summed E-state index contributed by atoms with van der Waals surface area (Å²) in [6.07, 6.45) is 3.71. The highest BCUT2D eigenvalue weighted by molar-refractivity contribution is 7.98. The van der Waals surface area contributed by atoms with Crippen LogP contribution in [0.25, 0.3) is 11.6 Å². The predicted octanol–water partition coefficient (Wildman–Crippen LogP) is 4.03. The van der Waals surface area contributed by atoms with E-state index in [9.17, 15) is 9.90 Å². The smallest absolute Gasteiger partial charge is 0.336 e. The number of aliphatic carboxylic acids is 1. The third-order valence-corrected chi connectivity index (χ3v) is 3.49. The summed E-state index contributed by atoms with van der Waals surface area (Å²) in [6, 6.07) is 17.0. The zero-order valence-corrected chi connectivity index (χ0v) is 11.4. The van der Waals surface area contributed by atoms with Crippen molar-refractivity contribution in [2.75, 3.05) is 6.26 Å². The first-order chi connectivity index (χ1) is 9.20. The minimum Gasteiger partial charge on any atom is -0.478 e. The third kappa shape index (κ3) is 3.48. The van der Waals surface area contributed by atoms with E-state index in [0.29, 0.717) is 11.1 Å². The number of thioether (sulfide) groups is 1. The van der Waals surface area contributed by atoms with E-state index in [2.05, 4.69) is 0 Å². The average molecular weight is 270 g/mol. The molecule has 0 aromatic heterocycles. The number of carboxylic acid groups (broad SMARTS) is 1. The van der Waals surface area contributed by atoms with Crippen molar-refractivity contribution in [1.29, 1.82) is 0 Å². The monoisotopic (exact) mass is 270 g/mol. The Morgan fingerprint density at radius 1 is 1.05 bits per heavy atom. The Morgan fingerprint density at radius 2 is 1.68 bits per heavy atom. The highest BCUT2D eigenvalue weighted by Gasteiger charge is 2.09. The topological polar surface area (TPSA) is 37.3 Å². The molecule has 1 N–H and O–H groups in total. The SMILES string of the molecule is CSc1ccc(/C=C(/C(=O)O)c2ccccc2)cc1. The van der Waals surface area contributed by atoms with Gasteiger partial charge in [-0.3, -0.25) is 0 Å². The van der Waals surface area contributed by atoms with Crippen LogP contribution in [0, 0.1) is 0 Å². The van der Waals surface area contributed by atoms with Gasteiger partial charge in [-0.2, -0.15) is 0 Å². The van der Waals surface area contributed by atoms with Gasteiger partial charge in [-0.1, -0.05) is 42.5 Å². The van der Waals surface area contributed by atoms with Gasteiger partial charge in [0.25, 0.3) is 0 Å². The second-order valence-corrected chi connectivity index (χ2v) is 4.88. The zero-order chi connectivity index (χ0) is 13.7. The quantitative estimate of drug-likeness (QED) is 0.517. The van der Waals surface area contributed by atoms with Crippen LogP contribution in [-0.4, -0.2) is 17.3 Å². The molecule has 0 fully saturated rings. The molecule has 0 aliphatic carbocycles. The van der Waals surface area contributed by atoms with E-state index in [-0.39, 0.29) is 0 Å². The Balaban J connectivity index is 2.38. The number of hydrogen-bond acceptors (Lipinski definition) is 2. The highest BCUT2D eigenvalue weighted by Crippen LogP contribution is 2.20. The lowest BCUT2D eigenvalue weighted by molar-refractivity contribution is -0.130. The summed E-state index contributed by atoms with van der Waals surface area (Å²) < 4.78 is 0. The van der Waals surface area contributed by atoms with Crippen LogP contribution < -0.4 is 0 Å². The Hall–Kier alpha value is -2.00. The van der Waals surface area contributed by atoms with Crippen LogP contribution in [0.3, 0.4) is 0 Å². The molecule has 2 nitrogen and oxygen atoms in total. The molecule has 0 radical (unpaired) electrons. The fourth-order valence-electron chi connectivity index (χ4n) is 1.75. The number of benzene rings is 2. The maximum Gasteiger partial charge on any atom is 0.336 e. The molecule has 96 valence electrons. The molecule has 0 spiro atoms. The Labute approximate surface area is 116 Å². The number of hydrogen-bond donors (Lipinski definition) is 1. The molecule has 0 aliphatic heterocycles. The lowest BCUT2D eigenvalue weighted by Crippen LogP contribution is -1.99. The van der Waals surface area contributed by atoms with E-state index in [1.165, 1.54) is 0 Å². The minimum atomic E-state index is -0.917. The van der Waals surface area contributed by atoms with Gasteiger partial charge in [0.15, 0.2) is 0 Å². The summed E-state index contributed by atoms with van der Waals surface area (Å²) in [7, 11) is 0. The van der Waals surface area contributed by atoms with Crippen LogP contribution in [0.2, 0.25) is 0 Å². The van der Waals surface area contributed by atoms with Gasteiger partial charge in [0.1, 0.15) is 0 Å². The summed E-state index contributed by atoms with van der Waals surface area (Å²) in [5, 5.41) is 9.32. The van der Waals surface area contributed by atoms with Crippen molar-refractivity contribution in [3.05, 3.63) is 65.7 Å². The summed E-state index contributed by atoms with van der Waals surface area (Å²) in [5.74, 6) is -0.917. The van der Waals surface area contributed by atoms with Crippen LogP contribution >= 0.6 is 11.8 Å². The summed E-state index contributed by atoms with van der Waals surface area (Å²) in [4.78, 5) is 12.5. The second-order valence-electron chi connectivity index (χ2n) is 4.00. The van der Waals surface area contributed by atoms with Gasteiger partial charge < -0.3 is 5.11 Å². The lowest BCUT2D eigenvalue weighted by atomic mass is 10.0. The van der Waals surface area contributed by atoms with Crippen LogP contribution in [-0.2, 0) is 4.79 Å². The van der Waals surface area contributed by atoms with Crippen LogP contribution in [0.15, 0.2) is 59.5 Å². The molecule has 2 aromatic carbocycles. The third-order valence-electron chi connectivity index (χ3n) is 2.74. The van der Waals surface area contributed by atoms with Gasteiger partial charge in [0.05, 0.1) is 5.57 Å². The molecule has 0 bridgehead atoms. The maximum atomic E-state index is 11.4. The van der Waals surface area contributed by atoms with Gasteiger partial charge in [-0.15, -0.1) is 11.8 Å². The highest BCUT2D eigenvalue weighted by atomic mass is 32.2. The van der Waals surface area contributed by atoms with Gasteiger partial charge in [-0.05, 0) is 35.6 Å². The summed E-state index contributed by atoms with van der Waals surface area (Å²) in [5.41, 5.74) is 1.90. The maximum absolute atomic E-state index is 11.4. The van der Waals surface area contributed by atoms with Gasteiger partial charge >= 0.3 is 5.97 Å². The molecule has 0 atom stereocenters. The molecule has 0 unspecified atom stereocenters. The van der Waals surface area contributed by atoms with E-state index in [4.69, 9.17) is 0 Å². The van der Waals surface area contributed by atoms with Crippen molar-refractivity contribution in [1.82, 2.24) is 0 Å². The molecule has 2 aromatic rings. The zero-order valence-electron chi connectivity index (χ0n) is 10.5. The van der Waals surface area contributed by atoms with Crippen molar-refractivity contribution in [3.63, 3.8) is 0 Å². The minimum absolute atomic E-state index is 0.303. The normalized spacial score (nSPS) is 11.3. The Bertz CT molecular complexity index is 586. The number of rotatable bonds is 4. The molecule has 2 rings (SSSR count). The van der Waals surface area contributed by atoms with Gasteiger partial charge in [0.2, 0.25) is 0 Å². The molecule has 0 saturated carbocycles. The van der Waals surface area contributed by atoms with Crippen LogP contribution in [0.1, 0.15) is 11.1 Å². The van der Waals surface area contributed by atoms with E-state index < -0.39 is 5.97 Å². The largest absolute Gasteiger partial charge is 0.478 e. The number of carbonyl (C=O) groups is 1. The van der Waals surface area contributed by atoms with Crippen molar-refractivity contribution >= 4 is 29.4 Å². The Morgan fingerprint density at radius 3 is 2.21 bits per heavy atom. The molecule has 3 heteroatoms. The first-order valence-corrected chi connectivity index (χ1v) is 7.07. The number of carboxylic acids is 1. The fourth-order valence-corrected chi connectivity index (χ4v) is 2.16. The van der Waals surface area contributed by atoms with Crippen molar-refractivity contribution in [2.24, 2.45) is 0 Å². The first kappa shape index (κ1) is 13.4.